The molecule has 0 aromatic rings. The van der Waals surface area contributed by atoms with E-state index in [0.717, 1.165) is 0 Å². The normalized spacial score (nSPS) is 25.9. The van der Waals surface area contributed by atoms with Crippen LogP contribution in [0.1, 0.15) is 19.8 Å². The molecule has 0 bridgehead atoms. The Labute approximate surface area is 101 Å². The summed E-state index contributed by atoms with van der Waals surface area (Å²) in [5.41, 5.74) is 10.5. The summed E-state index contributed by atoms with van der Waals surface area (Å²) in [5, 5.41) is 0. The van der Waals surface area contributed by atoms with E-state index in [2.05, 4.69) is 0 Å². The van der Waals surface area contributed by atoms with Gasteiger partial charge in [0.05, 0.1) is 11.5 Å². The van der Waals surface area contributed by atoms with Crippen LogP contribution in [0.25, 0.3) is 0 Å². The molecule has 1 fully saturated rings. The Morgan fingerprint density at radius 1 is 1.53 bits per heavy atom. The van der Waals surface area contributed by atoms with Crippen molar-refractivity contribution in [1.82, 2.24) is 4.90 Å². The van der Waals surface area contributed by atoms with Gasteiger partial charge < -0.3 is 21.1 Å². The maximum atomic E-state index is 12.0. The molecular weight excluding hydrogens is 222 g/mol. The Morgan fingerprint density at radius 3 is 2.65 bits per heavy atom. The third kappa shape index (κ3) is 3.17. The van der Waals surface area contributed by atoms with Gasteiger partial charge in [0, 0.05) is 26.8 Å². The summed E-state index contributed by atoms with van der Waals surface area (Å²) in [4.78, 5) is 24.8. The van der Waals surface area contributed by atoms with E-state index in [-0.39, 0.29) is 11.8 Å². The number of hydrogen-bond donors (Lipinski definition) is 2. The predicted molar refractivity (Wildman–Crippen MR) is 63.0 cm³/mol. The smallest absolute Gasteiger partial charge is 0.239 e. The standard InChI is InChI=1S/C11H21N3O3/c1-11(10(13)16)4-5-14(7-11)9(15)8(12)3-6-17-2/h8H,3-7,12H2,1-2H3,(H2,13,16). The summed E-state index contributed by atoms with van der Waals surface area (Å²) < 4.78 is 4.88. The van der Waals surface area contributed by atoms with Gasteiger partial charge in [0.2, 0.25) is 11.8 Å². The Balaban J connectivity index is 2.53. The van der Waals surface area contributed by atoms with Crippen molar-refractivity contribution < 1.29 is 14.3 Å². The molecule has 2 atom stereocenters. The predicted octanol–water partition coefficient (Wildman–Crippen LogP) is -0.926. The van der Waals surface area contributed by atoms with Gasteiger partial charge in [0.1, 0.15) is 0 Å². The van der Waals surface area contributed by atoms with E-state index in [1.165, 1.54) is 0 Å². The van der Waals surface area contributed by atoms with Gasteiger partial charge in [0.25, 0.3) is 0 Å². The fourth-order valence-electron chi connectivity index (χ4n) is 1.95. The second-order valence-corrected chi connectivity index (χ2v) is 4.82. The Bertz CT molecular complexity index is 308. The zero-order valence-electron chi connectivity index (χ0n) is 10.4. The quantitative estimate of drug-likeness (QED) is 0.652. The van der Waals surface area contributed by atoms with E-state index in [9.17, 15) is 9.59 Å². The van der Waals surface area contributed by atoms with Crippen molar-refractivity contribution in [1.29, 1.82) is 0 Å². The summed E-state index contributed by atoms with van der Waals surface area (Å²) in [7, 11) is 1.57. The third-order valence-electron chi connectivity index (χ3n) is 3.33. The molecule has 1 aliphatic rings. The molecule has 0 aromatic carbocycles. The second kappa shape index (κ2) is 5.46. The van der Waals surface area contributed by atoms with Crippen LogP contribution in [0, 0.1) is 5.41 Å². The first-order valence-corrected chi connectivity index (χ1v) is 5.74. The molecule has 2 amide bonds. The number of primary amides is 1. The van der Waals surface area contributed by atoms with E-state index in [4.69, 9.17) is 16.2 Å². The third-order valence-corrected chi connectivity index (χ3v) is 3.33. The molecule has 1 heterocycles. The minimum absolute atomic E-state index is 0.132. The van der Waals surface area contributed by atoms with E-state index in [1.54, 1.807) is 18.9 Å². The highest BCUT2D eigenvalue weighted by Crippen LogP contribution is 2.29. The molecule has 0 spiro atoms. The Hall–Kier alpha value is -1.14. The zero-order valence-corrected chi connectivity index (χ0v) is 10.4. The molecule has 17 heavy (non-hydrogen) atoms. The highest BCUT2D eigenvalue weighted by molar-refractivity contribution is 5.85. The summed E-state index contributed by atoms with van der Waals surface area (Å²) in [6.45, 7) is 3.14. The monoisotopic (exact) mass is 243 g/mol. The number of likely N-dealkylation sites (tertiary alicyclic amines) is 1. The van der Waals surface area contributed by atoms with E-state index in [1.807, 2.05) is 0 Å². The number of hydrogen-bond acceptors (Lipinski definition) is 4. The van der Waals surface area contributed by atoms with Crippen molar-refractivity contribution in [3.63, 3.8) is 0 Å². The van der Waals surface area contributed by atoms with Crippen molar-refractivity contribution in [3.05, 3.63) is 0 Å². The molecular formula is C11H21N3O3. The van der Waals surface area contributed by atoms with Gasteiger partial charge in [-0.1, -0.05) is 0 Å². The molecule has 6 heteroatoms. The maximum Gasteiger partial charge on any atom is 0.239 e. The van der Waals surface area contributed by atoms with E-state index >= 15 is 0 Å². The van der Waals surface area contributed by atoms with Gasteiger partial charge in [0.15, 0.2) is 0 Å². The number of amides is 2. The average Bonchev–Trinajstić information content (AvgIpc) is 2.69. The van der Waals surface area contributed by atoms with Gasteiger partial charge >= 0.3 is 0 Å². The molecule has 6 nitrogen and oxygen atoms in total. The van der Waals surface area contributed by atoms with Gasteiger partial charge in [-0.2, -0.15) is 0 Å². The molecule has 1 rings (SSSR count). The van der Waals surface area contributed by atoms with Crippen LogP contribution in [0.2, 0.25) is 0 Å². The van der Waals surface area contributed by atoms with Crippen LogP contribution >= 0.6 is 0 Å². The maximum absolute atomic E-state index is 12.0. The lowest BCUT2D eigenvalue weighted by molar-refractivity contribution is -0.133. The van der Waals surface area contributed by atoms with Crippen molar-refractivity contribution in [2.45, 2.75) is 25.8 Å². The highest BCUT2D eigenvalue weighted by atomic mass is 16.5. The SMILES string of the molecule is COCCC(N)C(=O)N1CCC(C)(C(N)=O)C1. The van der Waals surface area contributed by atoms with Crippen LogP contribution in [-0.2, 0) is 14.3 Å². The van der Waals surface area contributed by atoms with Crippen molar-refractivity contribution >= 4 is 11.8 Å². The second-order valence-electron chi connectivity index (χ2n) is 4.82. The lowest BCUT2D eigenvalue weighted by Crippen LogP contribution is -2.45. The number of carbonyl (C=O) groups excluding carboxylic acids is 2. The molecule has 98 valence electrons. The molecule has 0 aromatic heterocycles. The number of rotatable bonds is 5. The molecule has 1 aliphatic heterocycles. The molecule has 0 radical (unpaired) electrons. The largest absolute Gasteiger partial charge is 0.385 e. The summed E-state index contributed by atoms with van der Waals surface area (Å²) >= 11 is 0. The van der Waals surface area contributed by atoms with Crippen LogP contribution in [0.5, 0.6) is 0 Å². The highest BCUT2D eigenvalue weighted by Gasteiger charge is 2.41. The number of carbonyl (C=O) groups is 2. The Kier molecular flexibility index (Phi) is 4.47. The molecule has 1 saturated heterocycles. The first kappa shape index (κ1) is 13.9. The first-order valence-electron chi connectivity index (χ1n) is 5.74. The minimum atomic E-state index is -0.614. The lowest BCUT2D eigenvalue weighted by Gasteiger charge is -2.23. The topological polar surface area (TPSA) is 98.7 Å². The number of ether oxygens (including phenoxy) is 1. The van der Waals surface area contributed by atoms with Crippen molar-refractivity contribution in [3.8, 4) is 0 Å². The van der Waals surface area contributed by atoms with E-state index in [0.29, 0.717) is 32.5 Å². The minimum Gasteiger partial charge on any atom is -0.385 e. The van der Waals surface area contributed by atoms with Gasteiger partial charge in [-0.25, -0.2) is 0 Å². The van der Waals surface area contributed by atoms with Crippen LogP contribution < -0.4 is 11.5 Å². The average molecular weight is 243 g/mol. The number of nitrogens with two attached hydrogens (primary N) is 2. The lowest BCUT2D eigenvalue weighted by atomic mass is 9.89. The first-order chi connectivity index (χ1) is 7.90. The van der Waals surface area contributed by atoms with E-state index < -0.39 is 11.5 Å². The summed E-state index contributed by atoms with van der Waals surface area (Å²) in [5.74, 6) is -0.495. The Morgan fingerprint density at radius 2 is 2.18 bits per heavy atom. The van der Waals surface area contributed by atoms with Crippen LogP contribution in [0.4, 0.5) is 0 Å². The zero-order chi connectivity index (χ0) is 13.1. The van der Waals surface area contributed by atoms with Crippen molar-refractivity contribution in [2.75, 3.05) is 26.8 Å². The van der Waals surface area contributed by atoms with Gasteiger partial charge in [-0.3, -0.25) is 9.59 Å². The number of nitrogens with zero attached hydrogens (tertiary/aromatic N) is 1. The molecule has 0 saturated carbocycles. The summed E-state index contributed by atoms with van der Waals surface area (Å²) in [6.07, 6.45) is 1.09. The molecule has 4 N–H and O–H groups in total. The van der Waals surface area contributed by atoms with Gasteiger partial charge in [-0.05, 0) is 19.8 Å². The fraction of sp³-hybridized carbons (Fsp3) is 0.818. The molecule has 2 unspecified atom stereocenters. The van der Waals surface area contributed by atoms with Crippen molar-refractivity contribution in [2.24, 2.45) is 16.9 Å². The molecule has 0 aliphatic carbocycles. The summed E-state index contributed by atoms with van der Waals surface area (Å²) in [6, 6.07) is -0.565. The van der Waals surface area contributed by atoms with Crippen LogP contribution in [0.3, 0.4) is 0 Å². The van der Waals surface area contributed by atoms with Crippen LogP contribution in [0.15, 0.2) is 0 Å². The fourth-order valence-corrected chi connectivity index (χ4v) is 1.95. The van der Waals surface area contributed by atoms with Crippen LogP contribution in [-0.4, -0.2) is 49.6 Å². The van der Waals surface area contributed by atoms with Gasteiger partial charge in [-0.15, -0.1) is 0 Å². The number of methoxy groups -OCH3 is 1.